The Morgan fingerprint density at radius 2 is 2.33 bits per heavy atom. The molecule has 0 aromatic rings. The summed E-state index contributed by atoms with van der Waals surface area (Å²) in [6.07, 6.45) is 0. The minimum atomic E-state index is -0.243. The van der Waals surface area contributed by atoms with Crippen LogP contribution in [0.4, 0.5) is 0 Å². The maximum absolute atomic E-state index is 10.7. The Labute approximate surface area is 81.3 Å². The van der Waals surface area contributed by atoms with E-state index in [2.05, 4.69) is 4.74 Å². The molecule has 0 aliphatic carbocycles. The normalized spacial score (nSPS) is 11.2. The Balaban J connectivity index is 3.74. The van der Waals surface area contributed by atoms with Crippen molar-refractivity contribution in [2.45, 2.75) is 6.92 Å². The summed E-state index contributed by atoms with van der Waals surface area (Å²) in [5, 5.41) is 0. The number of carbonyl (C=O) groups is 1. The Kier molecular flexibility index (Phi) is 5.86. The summed E-state index contributed by atoms with van der Waals surface area (Å²) in [5.41, 5.74) is 0. The molecule has 0 atom stereocenters. The van der Waals surface area contributed by atoms with Crippen molar-refractivity contribution < 1.29 is 9.53 Å². The van der Waals surface area contributed by atoms with E-state index in [1.165, 1.54) is 0 Å². The highest BCUT2D eigenvalue weighted by molar-refractivity contribution is 14.1. The highest BCUT2D eigenvalue weighted by atomic mass is 127. The third-order valence-corrected chi connectivity index (χ3v) is 3.13. The lowest BCUT2D eigenvalue weighted by Gasteiger charge is -1.96. The van der Waals surface area contributed by atoms with Crippen LogP contribution in [0.3, 0.4) is 0 Å². The fourth-order valence-corrected chi connectivity index (χ4v) is 0.655. The second kappa shape index (κ2) is 5.45. The molecule has 52 valence electrons. The Morgan fingerprint density at radius 3 is 2.67 bits per heavy atom. The number of esters is 1. The van der Waals surface area contributed by atoms with Gasteiger partial charge in [0.2, 0.25) is 0 Å². The van der Waals surface area contributed by atoms with E-state index < -0.39 is 0 Å². The van der Waals surface area contributed by atoms with Crippen molar-refractivity contribution in [3.05, 3.63) is 7.66 Å². The van der Waals surface area contributed by atoms with Gasteiger partial charge in [0.1, 0.15) is 3.58 Å². The molecule has 2 nitrogen and oxygen atoms in total. The molecule has 0 aliphatic heterocycles. The maximum atomic E-state index is 10.7. The van der Waals surface area contributed by atoms with E-state index in [1.54, 1.807) is 11.0 Å². The van der Waals surface area contributed by atoms with E-state index in [0.29, 0.717) is 10.2 Å². The van der Waals surface area contributed by atoms with Gasteiger partial charge in [0.05, 0.1) is 6.61 Å². The molecule has 9 heavy (non-hydrogen) atoms. The Morgan fingerprint density at radius 1 is 1.78 bits per heavy atom. The topological polar surface area (TPSA) is 26.3 Å². The van der Waals surface area contributed by atoms with Crippen molar-refractivity contribution >= 4 is 51.2 Å². The quantitative estimate of drug-likeness (QED) is 0.433. The van der Waals surface area contributed by atoms with Crippen LogP contribution in [0, 0.1) is 0 Å². The molecule has 0 aromatic heterocycles. The van der Waals surface area contributed by atoms with E-state index in [-0.39, 0.29) is 5.97 Å². The maximum Gasteiger partial charge on any atom is 0.344 e. The van der Waals surface area contributed by atoms with Crippen molar-refractivity contribution in [1.82, 2.24) is 0 Å². The first-order valence-electron chi connectivity index (χ1n) is 2.35. The first kappa shape index (κ1) is 9.67. The Bertz CT molecular complexity index is 131. The lowest BCUT2D eigenvalue weighted by Crippen LogP contribution is -2.02. The van der Waals surface area contributed by atoms with Crippen LogP contribution in [0.25, 0.3) is 0 Å². The first-order chi connectivity index (χ1) is 4.22. The molecule has 4 heteroatoms. The van der Waals surface area contributed by atoms with Gasteiger partial charge in [-0.25, -0.2) is 4.79 Å². The van der Waals surface area contributed by atoms with E-state index in [9.17, 15) is 4.79 Å². The van der Waals surface area contributed by atoms with Crippen LogP contribution < -0.4 is 0 Å². The molecule has 0 heterocycles. The van der Waals surface area contributed by atoms with E-state index >= 15 is 0 Å². The van der Waals surface area contributed by atoms with Crippen LogP contribution in [0.5, 0.6) is 0 Å². The average molecular weight is 352 g/mol. The van der Waals surface area contributed by atoms with Gasteiger partial charge >= 0.3 is 5.97 Å². The molecular weight excluding hydrogens is 346 g/mol. The summed E-state index contributed by atoms with van der Waals surface area (Å²) >= 11 is 3.93. The van der Waals surface area contributed by atoms with Gasteiger partial charge in [-0.2, -0.15) is 0 Å². The fraction of sp³-hybridized carbons (Fsp3) is 0.400. The van der Waals surface area contributed by atoms with Crippen LogP contribution in [0.1, 0.15) is 6.92 Å². The standard InChI is InChI=1S/C5H6I2O2/c1-2-9-5(8)4(7)3-6/h3H,2H2,1H3/b4-3+. The SMILES string of the molecule is CCOC(=O)/C(I)=C\I. The summed E-state index contributed by atoms with van der Waals surface area (Å²) < 4.78 is 6.99. The third-order valence-electron chi connectivity index (χ3n) is 0.566. The van der Waals surface area contributed by atoms with Crippen LogP contribution in [-0.4, -0.2) is 12.6 Å². The zero-order chi connectivity index (χ0) is 7.28. The number of halogens is 2. The summed E-state index contributed by atoms with van der Waals surface area (Å²) in [4.78, 5) is 10.7. The molecule has 0 amide bonds. The molecule has 0 unspecified atom stereocenters. The summed E-state index contributed by atoms with van der Waals surface area (Å²) in [6, 6.07) is 0. The van der Waals surface area contributed by atoms with Crippen LogP contribution >= 0.6 is 45.2 Å². The molecule has 0 rings (SSSR count). The van der Waals surface area contributed by atoms with Crippen LogP contribution in [0.2, 0.25) is 0 Å². The van der Waals surface area contributed by atoms with Crippen molar-refractivity contribution in [2.24, 2.45) is 0 Å². The number of hydrogen-bond acceptors (Lipinski definition) is 2. The zero-order valence-electron chi connectivity index (χ0n) is 4.86. The van der Waals surface area contributed by atoms with Gasteiger partial charge in [0.15, 0.2) is 0 Å². The second-order valence-corrected chi connectivity index (χ2v) is 2.96. The molecule has 0 saturated heterocycles. The van der Waals surface area contributed by atoms with Crippen molar-refractivity contribution in [1.29, 1.82) is 0 Å². The zero-order valence-corrected chi connectivity index (χ0v) is 9.17. The highest BCUT2D eigenvalue weighted by Gasteiger charge is 2.03. The lowest BCUT2D eigenvalue weighted by atomic mass is 10.6. The smallest absolute Gasteiger partial charge is 0.344 e. The van der Waals surface area contributed by atoms with Gasteiger partial charge < -0.3 is 4.74 Å². The highest BCUT2D eigenvalue weighted by Crippen LogP contribution is 2.10. The molecule has 0 aliphatic rings. The molecule has 0 fully saturated rings. The largest absolute Gasteiger partial charge is 0.462 e. The van der Waals surface area contributed by atoms with Gasteiger partial charge in [-0.15, -0.1) is 0 Å². The summed E-state index contributed by atoms with van der Waals surface area (Å²) in [6.45, 7) is 2.23. The van der Waals surface area contributed by atoms with Crippen molar-refractivity contribution in [2.75, 3.05) is 6.61 Å². The molecular formula is C5H6I2O2. The minimum absolute atomic E-state index is 0.243. The monoisotopic (exact) mass is 352 g/mol. The van der Waals surface area contributed by atoms with Gasteiger partial charge in [-0.1, -0.05) is 22.6 Å². The first-order valence-corrected chi connectivity index (χ1v) is 4.67. The van der Waals surface area contributed by atoms with Gasteiger partial charge in [-0.05, 0) is 33.6 Å². The number of rotatable bonds is 2. The van der Waals surface area contributed by atoms with Gasteiger partial charge in [0, 0.05) is 0 Å². The molecule has 0 saturated carbocycles. The fourth-order valence-electron chi connectivity index (χ4n) is 0.245. The third kappa shape index (κ3) is 4.12. The van der Waals surface area contributed by atoms with Gasteiger partial charge in [-0.3, -0.25) is 0 Å². The molecule has 0 aromatic carbocycles. The molecule has 0 radical (unpaired) electrons. The van der Waals surface area contributed by atoms with E-state index in [0.717, 1.165) is 0 Å². The Hall–Kier alpha value is 0.670. The van der Waals surface area contributed by atoms with Crippen LogP contribution in [0.15, 0.2) is 7.66 Å². The molecule has 0 N–H and O–H groups in total. The minimum Gasteiger partial charge on any atom is -0.462 e. The number of carbonyl (C=O) groups excluding carboxylic acids is 1. The lowest BCUT2D eigenvalue weighted by molar-refractivity contribution is -0.137. The van der Waals surface area contributed by atoms with Crippen molar-refractivity contribution in [3.8, 4) is 0 Å². The predicted octanol–water partition coefficient (Wildman–Crippen LogP) is 2.26. The number of hydrogen-bond donors (Lipinski definition) is 0. The summed E-state index contributed by atoms with van der Waals surface area (Å²) in [5.74, 6) is -0.243. The van der Waals surface area contributed by atoms with E-state index in [1.807, 2.05) is 45.2 Å². The summed E-state index contributed by atoms with van der Waals surface area (Å²) in [7, 11) is 0. The van der Waals surface area contributed by atoms with Crippen molar-refractivity contribution in [3.63, 3.8) is 0 Å². The molecule has 0 bridgehead atoms. The van der Waals surface area contributed by atoms with Crippen LogP contribution in [-0.2, 0) is 9.53 Å². The van der Waals surface area contributed by atoms with E-state index in [4.69, 9.17) is 0 Å². The average Bonchev–Trinajstić information content (AvgIpc) is 1.87. The number of ether oxygens (including phenoxy) is 1. The van der Waals surface area contributed by atoms with Gasteiger partial charge in [0.25, 0.3) is 0 Å². The molecule has 0 spiro atoms. The second-order valence-electron chi connectivity index (χ2n) is 1.18. The predicted molar refractivity (Wildman–Crippen MR) is 52.8 cm³/mol.